The predicted octanol–water partition coefficient (Wildman–Crippen LogP) is 3.23. The Morgan fingerprint density at radius 3 is 2.67 bits per heavy atom. The molecule has 3 rings (SSSR count). The molecule has 2 unspecified atom stereocenters. The lowest BCUT2D eigenvalue weighted by Gasteiger charge is -2.52. The molecule has 0 spiro atoms. The Labute approximate surface area is 131 Å². The van der Waals surface area contributed by atoms with Crippen LogP contribution in [0.25, 0.3) is 11.0 Å². The van der Waals surface area contributed by atoms with Crippen LogP contribution in [0.5, 0.6) is 0 Å². The molecule has 21 heavy (non-hydrogen) atoms. The largest absolute Gasteiger partial charge is 0.381 e. The van der Waals surface area contributed by atoms with E-state index in [0.29, 0.717) is 12.1 Å². The molecular weight excluding hydrogens is 334 g/mol. The Hall–Kier alpha value is -1.27. The number of imidazole rings is 1. The Morgan fingerprint density at radius 1 is 1.38 bits per heavy atom. The maximum absolute atomic E-state index is 11.4. The van der Waals surface area contributed by atoms with Gasteiger partial charge in [-0.05, 0) is 41.4 Å². The van der Waals surface area contributed by atoms with Gasteiger partial charge in [-0.3, -0.25) is 0 Å². The minimum Gasteiger partial charge on any atom is -0.381 e. The van der Waals surface area contributed by atoms with Crippen LogP contribution in [0.4, 0.5) is 5.69 Å². The molecule has 1 saturated carbocycles. The fourth-order valence-corrected chi connectivity index (χ4v) is 3.43. The Balaban J connectivity index is 1.82. The van der Waals surface area contributed by atoms with E-state index < -0.39 is 0 Å². The highest BCUT2D eigenvalue weighted by molar-refractivity contribution is 9.10. The van der Waals surface area contributed by atoms with Gasteiger partial charge in [0.2, 0.25) is 0 Å². The van der Waals surface area contributed by atoms with Gasteiger partial charge in [0, 0.05) is 22.5 Å². The van der Waals surface area contributed by atoms with Gasteiger partial charge in [-0.25, -0.2) is 4.79 Å². The van der Waals surface area contributed by atoms with E-state index in [1.807, 2.05) is 19.1 Å². The summed E-state index contributed by atoms with van der Waals surface area (Å²) in [5, 5.41) is 3.56. The number of benzene rings is 1. The van der Waals surface area contributed by atoms with Gasteiger partial charge in [0.05, 0.1) is 22.8 Å². The van der Waals surface area contributed by atoms with E-state index in [4.69, 9.17) is 4.74 Å². The van der Waals surface area contributed by atoms with Gasteiger partial charge in [-0.1, -0.05) is 13.8 Å². The van der Waals surface area contributed by atoms with E-state index in [1.165, 1.54) is 0 Å². The van der Waals surface area contributed by atoms with Gasteiger partial charge >= 0.3 is 5.69 Å². The first-order chi connectivity index (χ1) is 9.91. The van der Waals surface area contributed by atoms with Gasteiger partial charge in [0.1, 0.15) is 0 Å². The average Bonchev–Trinajstić information content (AvgIpc) is 2.76. The molecule has 0 radical (unpaired) electrons. The summed E-state index contributed by atoms with van der Waals surface area (Å²) in [4.78, 5) is 16.9. The lowest BCUT2D eigenvalue weighted by atomic mass is 9.64. The van der Waals surface area contributed by atoms with Crippen molar-refractivity contribution in [2.75, 3.05) is 11.9 Å². The summed E-state index contributed by atoms with van der Waals surface area (Å²) in [5.74, 6) is 0. The van der Waals surface area contributed by atoms with Crippen molar-refractivity contribution in [3.05, 3.63) is 27.1 Å². The molecule has 1 heterocycles. The Morgan fingerprint density at radius 2 is 2.05 bits per heavy atom. The number of aromatic nitrogens is 2. The molecule has 1 aliphatic carbocycles. The summed E-state index contributed by atoms with van der Waals surface area (Å²) in [6.45, 7) is 7.23. The first kappa shape index (κ1) is 14.7. The fraction of sp³-hybridized carbons (Fsp3) is 0.533. The molecule has 0 saturated heterocycles. The van der Waals surface area contributed by atoms with Crippen molar-refractivity contribution in [1.29, 1.82) is 0 Å². The van der Waals surface area contributed by atoms with E-state index in [2.05, 4.69) is 45.1 Å². The number of ether oxygens (including phenoxy) is 1. The summed E-state index contributed by atoms with van der Waals surface area (Å²) in [6, 6.07) is 4.23. The second kappa shape index (κ2) is 5.18. The standard InChI is InChI=1S/C15H20BrN3O2/c1-4-21-13-7-12(15(13,2)3)17-9-6-11-10(5-8(9)16)18-14(20)19-11/h5-6,12-13,17H,4,7H2,1-3H3,(H2,18,19,20). The summed E-state index contributed by atoms with van der Waals surface area (Å²) < 4.78 is 6.71. The van der Waals surface area contributed by atoms with Gasteiger partial charge in [-0.2, -0.15) is 0 Å². The van der Waals surface area contributed by atoms with Crippen LogP contribution in [0, 0.1) is 5.41 Å². The Kier molecular flexibility index (Phi) is 3.61. The number of halogens is 1. The summed E-state index contributed by atoms with van der Waals surface area (Å²) in [5.41, 5.74) is 2.51. The molecule has 0 bridgehead atoms. The number of anilines is 1. The highest BCUT2D eigenvalue weighted by atomic mass is 79.9. The highest BCUT2D eigenvalue weighted by Crippen LogP contribution is 2.45. The predicted molar refractivity (Wildman–Crippen MR) is 87.8 cm³/mol. The number of nitrogens with one attached hydrogen (secondary N) is 3. The molecule has 5 nitrogen and oxygen atoms in total. The van der Waals surface area contributed by atoms with Crippen LogP contribution in [0.3, 0.4) is 0 Å². The third-order valence-corrected chi connectivity index (χ3v) is 5.14. The number of H-pyrrole nitrogens is 2. The molecule has 0 amide bonds. The van der Waals surface area contributed by atoms with E-state index in [-0.39, 0.29) is 11.1 Å². The number of hydrogen-bond acceptors (Lipinski definition) is 3. The van der Waals surface area contributed by atoms with E-state index >= 15 is 0 Å². The monoisotopic (exact) mass is 353 g/mol. The van der Waals surface area contributed by atoms with Crippen LogP contribution >= 0.6 is 15.9 Å². The lowest BCUT2D eigenvalue weighted by molar-refractivity contribution is -0.0976. The van der Waals surface area contributed by atoms with Crippen LogP contribution < -0.4 is 11.0 Å². The molecule has 6 heteroatoms. The molecule has 1 fully saturated rings. The van der Waals surface area contributed by atoms with Crippen LogP contribution in [0.15, 0.2) is 21.4 Å². The van der Waals surface area contributed by atoms with Crippen molar-refractivity contribution >= 4 is 32.7 Å². The maximum atomic E-state index is 11.4. The molecule has 0 aliphatic heterocycles. The molecule has 1 aromatic carbocycles. The molecule has 2 aromatic rings. The van der Waals surface area contributed by atoms with Crippen molar-refractivity contribution in [2.45, 2.75) is 39.3 Å². The highest BCUT2D eigenvalue weighted by Gasteiger charge is 2.49. The summed E-state index contributed by atoms with van der Waals surface area (Å²) >= 11 is 3.56. The second-order valence-electron chi connectivity index (χ2n) is 6.15. The Bertz CT molecular complexity index is 719. The third-order valence-electron chi connectivity index (χ3n) is 4.48. The number of fused-ring (bicyclic) bond motifs is 1. The minimum absolute atomic E-state index is 0.0932. The lowest BCUT2D eigenvalue weighted by Crippen LogP contribution is -2.58. The summed E-state index contributed by atoms with van der Waals surface area (Å²) in [6.07, 6.45) is 1.30. The van der Waals surface area contributed by atoms with Crippen molar-refractivity contribution < 1.29 is 4.74 Å². The van der Waals surface area contributed by atoms with Crippen LogP contribution in [0.1, 0.15) is 27.2 Å². The third kappa shape index (κ3) is 2.51. The fourth-order valence-electron chi connectivity index (χ4n) is 2.97. The van der Waals surface area contributed by atoms with Crippen molar-refractivity contribution in [1.82, 2.24) is 9.97 Å². The minimum atomic E-state index is -0.186. The van der Waals surface area contributed by atoms with Crippen molar-refractivity contribution in [2.24, 2.45) is 5.41 Å². The van der Waals surface area contributed by atoms with Gasteiger partial charge in [0.25, 0.3) is 0 Å². The quantitative estimate of drug-likeness (QED) is 0.790. The van der Waals surface area contributed by atoms with Crippen molar-refractivity contribution in [3.63, 3.8) is 0 Å². The molecule has 1 aromatic heterocycles. The van der Waals surface area contributed by atoms with Gasteiger partial charge < -0.3 is 20.0 Å². The maximum Gasteiger partial charge on any atom is 0.323 e. The topological polar surface area (TPSA) is 69.9 Å². The number of aromatic amines is 2. The molecule has 3 N–H and O–H groups in total. The van der Waals surface area contributed by atoms with Gasteiger partial charge in [0.15, 0.2) is 0 Å². The molecule has 114 valence electrons. The summed E-state index contributed by atoms with van der Waals surface area (Å²) in [7, 11) is 0. The molecular formula is C15H20BrN3O2. The first-order valence-electron chi connectivity index (χ1n) is 7.21. The van der Waals surface area contributed by atoms with Crippen LogP contribution in [-0.4, -0.2) is 28.7 Å². The van der Waals surface area contributed by atoms with E-state index in [1.54, 1.807) is 0 Å². The zero-order chi connectivity index (χ0) is 15.2. The zero-order valence-electron chi connectivity index (χ0n) is 12.4. The van der Waals surface area contributed by atoms with Crippen molar-refractivity contribution in [3.8, 4) is 0 Å². The smallest absolute Gasteiger partial charge is 0.323 e. The zero-order valence-corrected chi connectivity index (χ0v) is 14.0. The van der Waals surface area contributed by atoms with E-state index in [9.17, 15) is 4.79 Å². The van der Waals surface area contributed by atoms with E-state index in [0.717, 1.165) is 34.2 Å². The second-order valence-corrected chi connectivity index (χ2v) is 7.01. The number of rotatable bonds is 4. The van der Waals surface area contributed by atoms with Crippen LogP contribution in [-0.2, 0) is 4.74 Å². The number of hydrogen-bond donors (Lipinski definition) is 3. The molecule has 1 aliphatic rings. The molecule has 2 atom stereocenters. The normalized spacial score (nSPS) is 24.0. The van der Waals surface area contributed by atoms with Gasteiger partial charge in [-0.15, -0.1) is 0 Å². The SMILES string of the molecule is CCOC1CC(Nc2cc3[nH]c(=O)[nH]c3cc2Br)C1(C)C. The average molecular weight is 354 g/mol. The van der Waals surface area contributed by atoms with Crippen LogP contribution in [0.2, 0.25) is 0 Å². The first-order valence-corrected chi connectivity index (χ1v) is 8.00.